The lowest BCUT2D eigenvalue weighted by Crippen LogP contribution is -2.31. The molecule has 28 heavy (non-hydrogen) atoms. The molecule has 0 fully saturated rings. The van der Waals surface area contributed by atoms with E-state index in [1.54, 1.807) is 28.4 Å². The lowest BCUT2D eigenvalue weighted by molar-refractivity contribution is 0.290. The molecule has 0 saturated heterocycles. The molecule has 0 aliphatic carbocycles. The van der Waals surface area contributed by atoms with Crippen LogP contribution in [0.1, 0.15) is 19.4 Å². The molecule has 146 valence electrons. The van der Waals surface area contributed by atoms with Crippen LogP contribution in [0.4, 0.5) is 11.4 Å². The Labute approximate surface area is 168 Å². The van der Waals surface area contributed by atoms with Crippen molar-refractivity contribution in [1.29, 1.82) is 5.26 Å². The number of aromatic nitrogens is 3. The van der Waals surface area contributed by atoms with Gasteiger partial charge < -0.3 is 10.2 Å². The number of nitrogens with one attached hydrogen (secondary N) is 1. The van der Waals surface area contributed by atoms with Gasteiger partial charge in [-0.1, -0.05) is 25.4 Å². The summed E-state index contributed by atoms with van der Waals surface area (Å²) in [6.07, 6.45) is 1.55. The summed E-state index contributed by atoms with van der Waals surface area (Å²) < 4.78 is 3.45. The Kier molecular flexibility index (Phi) is 6.02. The third-order valence-corrected chi connectivity index (χ3v) is 5.26. The fourth-order valence-corrected chi connectivity index (χ4v) is 3.49. The van der Waals surface area contributed by atoms with Crippen LogP contribution < -0.4 is 11.0 Å². The second-order valence-corrected chi connectivity index (χ2v) is 6.84. The molecule has 1 aromatic carbocycles. The summed E-state index contributed by atoms with van der Waals surface area (Å²) in [5, 5.41) is 12.7. The first-order chi connectivity index (χ1) is 13.5. The Morgan fingerprint density at radius 3 is 2.68 bits per heavy atom. The van der Waals surface area contributed by atoms with Crippen molar-refractivity contribution in [2.24, 2.45) is 7.05 Å². The van der Waals surface area contributed by atoms with E-state index in [0.717, 1.165) is 36.4 Å². The van der Waals surface area contributed by atoms with Crippen molar-refractivity contribution in [2.75, 3.05) is 25.0 Å². The molecular formula is C20H23ClN6O. The number of nitrogens with zero attached hydrogens (tertiary/aromatic N) is 5. The maximum absolute atomic E-state index is 12.7. The van der Waals surface area contributed by atoms with Crippen LogP contribution in [-0.2, 0) is 13.6 Å². The number of rotatable bonds is 7. The Morgan fingerprint density at radius 1 is 1.25 bits per heavy atom. The zero-order valence-electron chi connectivity index (χ0n) is 16.2. The van der Waals surface area contributed by atoms with Gasteiger partial charge in [0.15, 0.2) is 0 Å². The average molecular weight is 399 g/mol. The summed E-state index contributed by atoms with van der Waals surface area (Å²) in [6.45, 7) is 7.55. The highest BCUT2D eigenvalue weighted by Crippen LogP contribution is 2.26. The highest BCUT2D eigenvalue weighted by Gasteiger charge is 2.13. The number of aryl methyl sites for hydroxylation is 1. The van der Waals surface area contributed by atoms with E-state index in [1.807, 2.05) is 18.2 Å². The number of benzene rings is 1. The first-order valence-corrected chi connectivity index (χ1v) is 9.61. The summed E-state index contributed by atoms with van der Waals surface area (Å²) >= 11 is 6.01. The molecule has 2 heterocycles. The number of anilines is 2. The molecule has 0 amide bonds. The van der Waals surface area contributed by atoms with Crippen LogP contribution >= 0.6 is 11.6 Å². The van der Waals surface area contributed by atoms with Crippen LogP contribution in [0.25, 0.3) is 11.0 Å². The molecule has 2 aromatic heterocycles. The second kappa shape index (κ2) is 8.46. The van der Waals surface area contributed by atoms with E-state index in [9.17, 15) is 10.1 Å². The maximum atomic E-state index is 12.7. The molecule has 0 atom stereocenters. The van der Waals surface area contributed by atoms with E-state index in [2.05, 4.69) is 35.1 Å². The van der Waals surface area contributed by atoms with Crippen LogP contribution in [0, 0.1) is 11.3 Å². The standard InChI is InChI=1S/C20H23ClN6O/c1-4-26(5-2)10-11-27-18-12-14(6-7-17(18)25(3)20(27)28)24-16-8-9-23-19(21)15(16)13-22/h6-9,12H,4-5,10-11H2,1-3H3,(H,23,24). The van der Waals surface area contributed by atoms with Gasteiger partial charge in [-0.05, 0) is 37.4 Å². The summed E-state index contributed by atoms with van der Waals surface area (Å²) in [5.41, 5.74) is 3.31. The fraction of sp³-hybridized carbons (Fsp3) is 0.350. The molecule has 0 radical (unpaired) electrons. The fourth-order valence-electron chi connectivity index (χ4n) is 3.29. The summed E-state index contributed by atoms with van der Waals surface area (Å²) in [7, 11) is 1.78. The van der Waals surface area contributed by atoms with Gasteiger partial charge >= 0.3 is 5.69 Å². The second-order valence-electron chi connectivity index (χ2n) is 6.48. The summed E-state index contributed by atoms with van der Waals surface area (Å²) in [4.78, 5) is 18.9. The molecule has 3 aromatic rings. The summed E-state index contributed by atoms with van der Waals surface area (Å²) in [6, 6.07) is 9.48. The number of halogens is 1. The molecule has 0 spiro atoms. The van der Waals surface area contributed by atoms with Crippen molar-refractivity contribution in [3.63, 3.8) is 0 Å². The van der Waals surface area contributed by atoms with Crippen molar-refractivity contribution < 1.29 is 0 Å². The van der Waals surface area contributed by atoms with E-state index >= 15 is 0 Å². The van der Waals surface area contributed by atoms with Crippen molar-refractivity contribution in [2.45, 2.75) is 20.4 Å². The molecular weight excluding hydrogens is 376 g/mol. The Hall–Kier alpha value is -2.82. The van der Waals surface area contributed by atoms with E-state index in [-0.39, 0.29) is 16.4 Å². The highest BCUT2D eigenvalue weighted by molar-refractivity contribution is 6.31. The van der Waals surface area contributed by atoms with E-state index in [1.165, 1.54) is 0 Å². The third-order valence-electron chi connectivity index (χ3n) is 4.98. The van der Waals surface area contributed by atoms with Gasteiger partial charge in [0.05, 0.1) is 16.7 Å². The number of pyridine rings is 1. The topological polar surface area (TPSA) is 78.9 Å². The lowest BCUT2D eigenvalue weighted by atomic mass is 10.2. The van der Waals surface area contributed by atoms with Crippen LogP contribution in [0.5, 0.6) is 0 Å². The maximum Gasteiger partial charge on any atom is 0.328 e. The van der Waals surface area contributed by atoms with Crippen molar-refractivity contribution in [3.05, 3.63) is 51.7 Å². The zero-order valence-corrected chi connectivity index (χ0v) is 17.0. The minimum atomic E-state index is -0.0380. The molecule has 0 aliphatic rings. The van der Waals surface area contributed by atoms with Crippen LogP contribution in [0.3, 0.4) is 0 Å². The molecule has 3 rings (SSSR count). The highest BCUT2D eigenvalue weighted by atomic mass is 35.5. The number of fused-ring (bicyclic) bond motifs is 1. The molecule has 1 N–H and O–H groups in total. The minimum absolute atomic E-state index is 0.0380. The van der Waals surface area contributed by atoms with E-state index in [0.29, 0.717) is 12.2 Å². The number of hydrogen-bond acceptors (Lipinski definition) is 5. The van der Waals surface area contributed by atoms with Gasteiger partial charge in [-0.25, -0.2) is 9.78 Å². The van der Waals surface area contributed by atoms with Gasteiger partial charge in [0.25, 0.3) is 0 Å². The van der Waals surface area contributed by atoms with Crippen molar-refractivity contribution in [3.8, 4) is 6.07 Å². The SMILES string of the molecule is CCN(CC)CCn1c(=O)n(C)c2ccc(Nc3ccnc(Cl)c3C#N)cc21. The first-order valence-electron chi connectivity index (χ1n) is 9.23. The lowest BCUT2D eigenvalue weighted by Gasteiger charge is -2.18. The van der Waals surface area contributed by atoms with E-state index in [4.69, 9.17) is 11.6 Å². The van der Waals surface area contributed by atoms with Crippen molar-refractivity contribution in [1.82, 2.24) is 19.0 Å². The van der Waals surface area contributed by atoms with Crippen LogP contribution in [0.2, 0.25) is 5.15 Å². The summed E-state index contributed by atoms with van der Waals surface area (Å²) in [5.74, 6) is 0. The smallest absolute Gasteiger partial charge is 0.328 e. The quantitative estimate of drug-likeness (QED) is 0.617. The average Bonchev–Trinajstić information content (AvgIpc) is 2.93. The number of imidazole rings is 1. The first kappa shape index (κ1) is 19.9. The van der Waals surface area contributed by atoms with Gasteiger partial charge in [0.1, 0.15) is 16.8 Å². The molecule has 0 saturated carbocycles. The number of likely N-dealkylation sites (N-methyl/N-ethyl adjacent to an activating group) is 1. The number of nitriles is 1. The molecule has 0 bridgehead atoms. The molecule has 0 unspecified atom stereocenters. The van der Waals surface area contributed by atoms with Crippen molar-refractivity contribution >= 4 is 34.0 Å². The van der Waals surface area contributed by atoms with Gasteiger partial charge in [-0.15, -0.1) is 0 Å². The third kappa shape index (κ3) is 3.75. The molecule has 7 nitrogen and oxygen atoms in total. The monoisotopic (exact) mass is 398 g/mol. The molecule has 0 aliphatic heterocycles. The minimum Gasteiger partial charge on any atom is -0.354 e. The largest absolute Gasteiger partial charge is 0.354 e. The normalized spacial score (nSPS) is 11.1. The number of hydrogen-bond donors (Lipinski definition) is 1. The van der Waals surface area contributed by atoms with Gasteiger partial charge in [0, 0.05) is 32.0 Å². The zero-order chi connectivity index (χ0) is 20.3. The van der Waals surface area contributed by atoms with Gasteiger partial charge in [-0.3, -0.25) is 9.13 Å². The van der Waals surface area contributed by atoms with Crippen LogP contribution in [-0.4, -0.2) is 38.7 Å². The Balaban J connectivity index is 1.99. The predicted octanol–water partition coefficient (Wildman–Crippen LogP) is 3.35. The van der Waals surface area contributed by atoms with Crippen LogP contribution in [0.15, 0.2) is 35.3 Å². The molecule has 8 heteroatoms. The van der Waals surface area contributed by atoms with Gasteiger partial charge in [-0.2, -0.15) is 5.26 Å². The Morgan fingerprint density at radius 2 is 2.00 bits per heavy atom. The predicted molar refractivity (Wildman–Crippen MR) is 112 cm³/mol. The van der Waals surface area contributed by atoms with E-state index < -0.39 is 0 Å². The Bertz CT molecular complexity index is 1090. The van der Waals surface area contributed by atoms with Gasteiger partial charge in [0.2, 0.25) is 0 Å².